The topological polar surface area (TPSA) is 105 Å². The molecule has 4 rings (SSSR count). The van der Waals surface area contributed by atoms with Gasteiger partial charge in [-0.2, -0.15) is 0 Å². The number of rotatable bonds is 6. The number of nitrogens with two attached hydrogens (primary N) is 1. The fourth-order valence-electron chi connectivity index (χ4n) is 4.44. The number of likely N-dealkylation sites (N-methyl/N-ethyl adjacent to an activating group) is 1. The van der Waals surface area contributed by atoms with Gasteiger partial charge >= 0.3 is 0 Å². The number of anilines is 3. The predicted octanol–water partition coefficient (Wildman–Crippen LogP) is 3.00. The molecule has 0 radical (unpaired) electrons. The molecular formula is C21H26F2N6O. The van der Waals surface area contributed by atoms with E-state index in [-0.39, 0.29) is 17.9 Å². The van der Waals surface area contributed by atoms with Gasteiger partial charge in [-0.15, -0.1) is 0 Å². The van der Waals surface area contributed by atoms with E-state index in [1.165, 1.54) is 24.4 Å². The van der Waals surface area contributed by atoms with Crippen molar-refractivity contribution in [2.45, 2.75) is 56.5 Å². The maximum Gasteiger partial charge on any atom is 0.271 e. The Morgan fingerprint density at radius 1 is 1.23 bits per heavy atom. The van der Waals surface area contributed by atoms with Crippen molar-refractivity contribution in [2.24, 2.45) is 5.73 Å². The van der Waals surface area contributed by atoms with Gasteiger partial charge in [0.1, 0.15) is 5.82 Å². The number of alkyl halides is 2. The van der Waals surface area contributed by atoms with Gasteiger partial charge in [0.05, 0.1) is 12.2 Å². The molecule has 0 saturated heterocycles. The number of nitrogens with zero attached hydrogens (tertiary/aromatic N) is 2. The molecule has 2 aromatic rings. The largest absolute Gasteiger partial charge is 0.364 e. The first kappa shape index (κ1) is 20.5. The van der Waals surface area contributed by atoms with Crippen LogP contribution in [0.2, 0.25) is 0 Å². The number of fused-ring (bicyclic) bond motifs is 1. The van der Waals surface area contributed by atoms with Crippen molar-refractivity contribution >= 4 is 23.2 Å². The average Bonchev–Trinajstić information content (AvgIpc) is 3.15. The highest BCUT2D eigenvalue weighted by Crippen LogP contribution is 2.35. The summed E-state index contributed by atoms with van der Waals surface area (Å²) < 4.78 is 28.5. The highest BCUT2D eigenvalue weighted by Gasteiger charge is 2.46. The molecule has 1 amide bonds. The van der Waals surface area contributed by atoms with Crippen LogP contribution in [-0.2, 0) is 12.8 Å². The molecule has 2 aliphatic carbocycles. The van der Waals surface area contributed by atoms with Crippen LogP contribution in [0.1, 0.15) is 47.3 Å². The second kappa shape index (κ2) is 8.14. The average molecular weight is 416 g/mol. The third-order valence-electron chi connectivity index (χ3n) is 5.89. The van der Waals surface area contributed by atoms with Gasteiger partial charge in [0.15, 0.2) is 11.5 Å². The van der Waals surface area contributed by atoms with Gasteiger partial charge in [-0.1, -0.05) is 6.07 Å². The Balaban J connectivity index is 1.59. The summed E-state index contributed by atoms with van der Waals surface area (Å²) in [6, 6.07) is 4.49. The van der Waals surface area contributed by atoms with E-state index in [9.17, 15) is 13.6 Å². The molecule has 0 unspecified atom stereocenters. The lowest BCUT2D eigenvalue weighted by Gasteiger charge is -2.38. The number of nitrogens with one attached hydrogen (secondary N) is 3. The third-order valence-corrected chi connectivity index (χ3v) is 5.89. The van der Waals surface area contributed by atoms with E-state index in [0.29, 0.717) is 18.7 Å². The van der Waals surface area contributed by atoms with Crippen molar-refractivity contribution in [1.29, 1.82) is 0 Å². The molecule has 1 heterocycles. The monoisotopic (exact) mass is 416 g/mol. The van der Waals surface area contributed by atoms with E-state index in [1.807, 2.05) is 12.1 Å². The summed E-state index contributed by atoms with van der Waals surface area (Å²) in [6.07, 6.45) is 5.41. The summed E-state index contributed by atoms with van der Waals surface area (Å²) in [7, 11) is 1.53. The molecule has 9 heteroatoms. The van der Waals surface area contributed by atoms with Gasteiger partial charge < -0.3 is 21.7 Å². The zero-order chi connectivity index (χ0) is 21.3. The number of primary amides is 1. The van der Waals surface area contributed by atoms with Gasteiger partial charge in [0.25, 0.3) is 11.8 Å². The molecule has 1 aromatic carbocycles. The van der Waals surface area contributed by atoms with Crippen molar-refractivity contribution in [2.75, 3.05) is 17.7 Å². The van der Waals surface area contributed by atoms with Crippen LogP contribution in [0.5, 0.6) is 0 Å². The van der Waals surface area contributed by atoms with Gasteiger partial charge in [0.2, 0.25) is 0 Å². The minimum absolute atomic E-state index is 0.000175. The van der Waals surface area contributed by atoms with Crippen LogP contribution in [0.25, 0.3) is 0 Å². The molecule has 7 nitrogen and oxygen atoms in total. The van der Waals surface area contributed by atoms with Crippen LogP contribution in [0.3, 0.4) is 0 Å². The SMILES string of the molecule is CN[C@@H]1[C@H](Nc2cnc(C(N)=O)c(Nc3ccc4c(c3)CCC4)n2)CCCC1(F)F. The first-order valence-corrected chi connectivity index (χ1v) is 10.2. The van der Waals surface area contributed by atoms with Crippen molar-refractivity contribution in [3.63, 3.8) is 0 Å². The Hall–Kier alpha value is -2.81. The fourth-order valence-corrected chi connectivity index (χ4v) is 4.44. The Labute approximate surface area is 173 Å². The molecule has 1 fully saturated rings. The molecule has 1 aromatic heterocycles. The van der Waals surface area contributed by atoms with Crippen molar-refractivity contribution in [3.8, 4) is 0 Å². The van der Waals surface area contributed by atoms with Gasteiger partial charge in [0, 0.05) is 18.2 Å². The van der Waals surface area contributed by atoms with Gasteiger partial charge in [-0.3, -0.25) is 4.79 Å². The highest BCUT2D eigenvalue weighted by molar-refractivity contribution is 5.96. The minimum atomic E-state index is -2.81. The lowest BCUT2D eigenvalue weighted by atomic mass is 9.87. The zero-order valence-corrected chi connectivity index (χ0v) is 16.8. The number of carbonyl (C=O) groups is 1. The summed E-state index contributed by atoms with van der Waals surface area (Å²) >= 11 is 0. The van der Waals surface area contributed by atoms with E-state index in [4.69, 9.17) is 5.73 Å². The highest BCUT2D eigenvalue weighted by atomic mass is 19.3. The number of aromatic nitrogens is 2. The fraction of sp³-hybridized carbons (Fsp3) is 0.476. The van der Waals surface area contributed by atoms with E-state index in [0.717, 1.165) is 24.9 Å². The van der Waals surface area contributed by atoms with Crippen LogP contribution in [-0.4, -0.2) is 40.9 Å². The number of carbonyl (C=O) groups excluding carboxylic acids is 1. The maximum atomic E-state index is 14.3. The summed E-state index contributed by atoms with van der Waals surface area (Å²) in [5.74, 6) is -3.01. The lowest BCUT2D eigenvalue weighted by molar-refractivity contribution is -0.0654. The molecule has 160 valence electrons. The minimum Gasteiger partial charge on any atom is -0.364 e. The second-order valence-corrected chi connectivity index (χ2v) is 7.95. The Bertz CT molecular complexity index is 951. The molecule has 2 atom stereocenters. The predicted molar refractivity (Wildman–Crippen MR) is 111 cm³/mol. The van der Waals surface area contributed by atoms with Crippen LogP contribution >= 0.6 is 0 Å². The normalized spacial score (nSPS) is 22.4. The van der Waals surface area contributed by atoms with E-state index in [2.05, 4.69) is 32.0 Å². The van der Waals surface area contributed by atoms with E-state index < -0.39 is 23.9 Å². The van der Waals surface area contributed by atoms with E-state index in [1.54, 1.807) is 0 Å². The smallest absolute Gasteiger partial charge is 0.271 e. The molecule has 2 aliphatic rings. The molecule has 0 aliphatic heterocycles. The first-order valence-electron chi connectivity index (χ1n) is 10.2. The van der Waals surface area contributed by atoms with Crippen LogP contribution < -0.4 is 21.7 Å². The number of aryl methyl sites for hydroxylation is 2. The summed E-state index contributed by atoms with van der Waals surface area (Å²) in [4.78, 5) is 20.4. The number of halogens is 2. The Morgan fingerprint density at radius 2 is 2.03 bits per heavy atom. The number of hydrogen-bond acceptors (Lipinski definition) is 6. The molecule has 30 heavy (non-hydrogen) atoms. The summed E-state index contributed by atoms with van der Waals surface area (Å²) in [6.45, 7) is 0. The second-order valence-electron chi connectivity index (χ2n) is 7.95. The standard InChI is InChI=1S/C21H26F2N6O/c1-25-18-15(6-3-9-21(18,22)23)28-16-11-26-17(19(24)30)20(29-16)27-14-8-7-12-4-2-5-13(12)10-14/h7-8,10-11,15,18,25H,2-6,9H2,1H3,(H2,24,30)(H2,27,28,29)/t15-,18-/m1/s1. The summed E-state index contributed by atoms with van der Waals surface area (Å²) in [5.41, 5.74) is 8.84. The number of hydrogen-bond donors (Lipinski definition) is 4. The first-order chi connectivity index (χ1) is 14.4. The van der Waals surface area contributed by atoms with Crippen LogP contribution in [0, 0.1) is 0 Å². The van der Waals surface area contributed by atoms with Crippen LogP contribution in [0.4, 0.5) is 26.1 Å². The van der Waals surface area contributed by atoms with E-state index >= 15 is 0 Å². The van der Waals surface area contributed by atoms with Crippen molar-refractivity contribution in [3.05, 3.63) is 41.2 Å². The molecule has 0 bridgehead atoms. The third kappa shape index (κ3) is 4.07. The molecule has 5 N–H and O–H groups in total. The summed E-state index contributed by atoms with van der Waals surface area (Å²) in [5, 5.41) is 8.91. The maximum absolute atomic E-state index is 14.3. The van der Waals surface area contributed by atoms with Gasteiger partial charge in [-0.25, -0.2) is 18.7 Å². The molecule has 0 spiro atoms. The quantitative estimate of drug-likeness (QED) is 0.577. The number of amides is 1. The molecule has 1 saturated carbocycles. The van der Waals surface area contributed by atoms with Gasteiger partial charge in [-0.05, 0) is 62.4 Å². The Morgan fingerprint density at radius 3 is 2.80 bits per heavy atom. The van der Waals surface area contributed by atoms with Crippen molar-refractivity contribution < 1.29 is 13.6 Å². The molecular weight excluding hydrogens is 390 g/mol. The Kier molecular flexibility index (Phi) is 5.55. The number of benzene rings is 1. The van der Waals surface area contributed by atoms with Crippen LogP contribution in [0.15, 0.2) is 24.4 Å². The lowest BCUT2D eigenvalue weighted by Crippen LogP contribution is -2.56. The zero-order valence-electron chi connectivity index (χ0n) is 16.8. The van der Waals surface area contributed by atoms with Crippen molar-refractivity contribution in [1.82, 2.24) is 15.3 Å².